The predicted molar refractivity (Wildman–Crippen MR) is 128 cm³/mol. The van der Waals surface area contributed by atoms with Gasteiger partial charge >= 0.3 is 0 Å². The molecule has 164 valence electrons. The normalized spacial score (nSPS) is 18.3. The zero-order valence-electron chi connectivity index (χ0n) is 17.5. The summed E-state index contributed by atoms with van der Waals surface area (Å²) < 4.78 is 11.7. The number of rotatable bonds is 7. The molecule has 7 heteroatoms. The first-order valence-electron chi connectivity index (χ1n) is 10.8. The van der Waals surface area contributed by atoms with Crippen LogP contribution in [0.5, 0.6) is 11.5 Å². The molecule has 1 aromatic carbocycles. The number of ether oxygens (including phenoxy) is 2. The summed E-state index contributed by atoms with van der Waals surface area (Å²) in [4.78, 5) is 4.79. The highest BCUT2D eigenvalue weighted by Gasteiger charge is 2.31. The van der Waals surface area contributed by atoms with Crippen LogP contribution in [0.3, 0.4) is 0 Å². The molecule has 0 bridgehead atoms. The van der Waals surface area contributed by atoms with Crippen LogP contribution in [-0.4, -0.2) is 44.0 Å². The second-order valence-electron chi connectivity index (χ2n) is 7.88. The van der Waals surface area contributed by atoms with E-state index >= 15 is 0 Å². The number of aliphatic imine (C=N–C) groups is 1. The number of nitrogens with one attached hydrogen (secondary N) is 2. The first-order chi connectivity index (χ1) is 13.8. The van der Waals surface area contributed by atoms with E-state index < -0.39 is 0 Å². The summed E-state index contributed by atoms with van der Waals surface area (Å²) in [6, 6.07) is 6.00. The van der Waals surface area contributed by atoms with E-state index in [9.17, 15) is 5.11 Å². The standard InChI is InChI=1S/C22H35N3O3.HI/c1-2-23-21(25-17-22(12-13-26)10-4-3-5-11-22)24-16-18-8-6-9-19-20(18)28-15-7-14-27-19;/h6,8-9,26H,2-5,7,10-17H2,1H3,(H2,23,24,25);1H. The quantitative estimate of drug-likeness (QED) is 0.291. The van der Waals surface area contributed by atoms with E-state index in [0.717, 1.165) is 49.0 Å². The number of benzene rings is 1. The molecule has 6 nitrogen and oxygen atoms in total. The summed E-state index contributed by atoms with van der Waals surface area (Å²) in [6.45, 7) is 5.90. The summed E-state index contributed by atoms with van der Waals surface area (Å²) in [6.07, 6.45) is 7.92. The van der Waals surface area contributed by atoms with Gasteiger partial charge in [0.1, 0.15) is 0 Å². The first-order valence-corrected chi connectivity index (χ1v) is 10.8. The molecule has 3 N–H and O–H groups in total. The molecule has 2 aliphatic rings. The fraction of sp³-hybridized carbons (Fsp3) is 0.682. The zero-order valence-corrected chi connectivity index (χ0v) is 19.9. The number of aliphatic hydroxyl groups is 1. The van der Waals surface area contributed by atoms with Gasteiger partial charge in [-0.25, -0.2) is 4.99 Å². The van der Waals surface area contributed by atoms with Gasteiger partial charge < -0.3 is 25.2 Å². The Morgan fingerprint density at radius 1 is 1.10 bits per heavy atom. The van der Waals surface area contributed by atoms with Crippen LogP contribution in [0.1, 0.15) is 57.4 Å². The molecule has 3 rings (SSSR count). The maximum Gasteiger partial charge on any atom is 0.191 e. The molecule has 1 fully saturated rings. The molecule has 1 heterocycles. The Labute approximate surface area is 191 Å². The van der Waals surface area contributed by atoms with Gasteiger partial charge in [-0.2, -0.15) is 0 Å². The number of hydrogen-bond donors (Lipinski definition) is 3. The van der Waals surface area contributed by atoms with Crippen LogP contribution in [0.4, 0.5) is 0 Å². The average Bonchev–Trinajstić information content (AvgIpc) is 2.97. The Balaban J connectivity index is 0.00000300. The number of aliphatic hydroxyl groups excluding tert-OH is 1. The monoisotopic (exact) mass is 517 g/mol. The van der Waals surface area contributed by atoms with Crippen molar-refractivity contribution in [3.63, 3.8) is 0 Å². The average molecular weight is 517 g/mol. The van der Waals surface area contributed by atoms with Crippen LogP contribution in [0.15, 0.2) is 23.2 Å². The lowest BCUT2D eigenvalue weighted by atomic mass is 9.72. The Morgan fingerprint density at radius 2 is 1.90 bits per heavy atom. The third kappa shape index (κ3) is 6.91. The topological polar surface area (TPSA) is 75.1 Å². The van der Waals surface area contributed by atoms with Crippen LogP contribution in [0.2, 0.25) is 0 Å². The van der Waals surface area contributed by atoms with E-state index in [1.807, 2.05) is 12.1 Å². The van der Waals surface area contributed by atoms with Crippen molar-refractivity contribution in [3.05, 3.63) is 23.8 Å². The van der Waals surface area contributed by atoms with Crippen molar-refractivity contribution in [2.24, 2.45) is 10.4 Å². The molecule has 1 aromatic rings. The van der Waals surface area contributed by atoms with Crippen molar-refractivity contribution in [3.8, 4) is 11.5 Å². The van der Waals surface area contributed by atoms with E-state index in [2.05, 4.69) is 23.6 Å². The summed E-state index contributed by atoms with van der Waals surface area (Å²) in [5.41, 5.74) is 1.23. The Bertz CT molecular complexity index is 643. The van der Waals surface area contributed by atoms with Gasteiger partial charge in [0.2, 0.25) is 0 Å². The van der Waals surface area contributed by atoms with Gasteiger partial charge in [-0.05, 0) is 37.7 Å². The number of guanidine groups is 1. The highest BCUT2D eigenvalue weighted by Crippen LogP contribution is 2.38. The molecule has 29 heavy (non-hydrogen) atoms. The van der Waals surface area contributed by atoms with Gasteiger partial charge in [0, 0.05) is 31.7 Å². The van der Waals surface area contributed by atoms with Crippen LogP contribution < -0.4 is 20.1 Å². The van der Waals surface area contributed by atoms with Gasteiger partial charge in [-0.1, -0.05) is 31.4 Å². The second kappa shape index (κ2) is 12.5. The lowest BCUT2D eigenvalue weighted by molar-refractivity contribution is 0.131. The van der Waals surface area contributed by atoms with Crippen molar-refractivity contribution in [1.82, 2.24) is 10.6 Å². The third-order valence-electron chi connectivity index (χ3n) is 5.79. The fourth-order valence-corrected chi connectivity index (χ4v) is 4.21. The van der Waals surface area contributed by atoms with E-state index in [1.165, 1.54) is 32.1 Å². The van der Waals surface area contributed by atoms with Gasteiger partial charge in [0.05, 0.1) is 19.8 Å². The van der Waals surface area contributed by atoms with Gasteiger partial charge in [-0.3, -0.25) is 0 Å². The van der Waals surface area contributed by atoms with Crippen LogP contribution in [-0.2, 0) is 6.54 Å². The van der Waals surface area contributed by atoms with E-state index in [-0.39, 0.29) is 36.0 Å². The minimum atomic E-state index is 0. The van der Waals surface area contributed by atoms with Crippen LogP contribution in [0.25, 0.3) is 0 Å². The van der Waals surface area contributed by atoms with Crippen molar-refractivity contribution < 1.29 is 14.6 Å². The minimum Gasteiger partial charge on any atom is -0.490 e. The van der Waals surface area contributed by atoms with E-state index in [0.29, 0.717) is 19.8 Å². The minimum absolute atomic E-state index is 0. The number of hydrogen-bond acceptors (Lipinski definition) is 4. The number of nitrogens with zero attached hydrogens (tertiary/aromatic N) is 1. The maximum atomic E-state index is 9.54. The van der Waals surface area contributed by atoms with E-state index in [4.69, 9.17) is 14.5 Å². The molecule has 0 atom stereocenters. The molecule has 1 aliphatic carbocycles. The SMILES string of the molecule is CCNC(=NCc1cccc2c1OCCCO2)NCC1(CCO)CCCCC1.I. The Hall–Kier alpha value is -1.22. The van der Waals surface area contributed by atoms with Gasteiger partial charge in [0.25, 0.3) is 0 Å². The molecule has 0 radical (unpaired) electrons. The fourth-order valence-electron chi connectivity index (χ4n) is 4.21. The predicted octanol–water partition coefficient (Wildman–Crippen LogP) is 3.85. The molecule has 0 unspecified atom stereocenters. The number of halogens is 1. The van der Waals surface area contributed by atoms with Crippen molar-refractivity contribution in [2.45, 2.75) is 58.4 Å². The summed E-state index contributed by atoms with van der Waals surface area (Å²) in [7, 11) is 0. The van der Waals surface area contributed by atoms with Crippen molar-refractivity contribution >= 4 is 29.9 Å². The summed E-state index contributed by atoms with van der Waals surface area (Å²) in [5.74, 6) is 2.45. The molecule has 0 saturated heterocycles. The van der Waals surface area contributed by atoms with Gasteiger partial charge in [0.15, 0.2) is 17.5 Å². The maximum absolute atomic E-state index is 9.54. The number of para-hydroxylation sites is 1. The smallest absolute Gasteiger partial charge is 0.191 e. The van der Waals surface area contributed by atoms with Crippen LogP contribution in [0, 0.1) is 5.41 Å². The molecule has 0 spiro atoms. The zero-order chi connectivity index (χ0) is 19.7. The molecule has 1 aliphatic heterocycles. The van der Waals surface area contributed by atoms with Crippen molar-refractivity contribution in [1.29, 1.82) is 0 Å². The second-order valence-corrected chi connectivity index (χ2v) is 7.88. The summed E-state index contributed by atoms with van der Waals surface area (Å²) >= 11 is 0. The Morgan fingerprint density at radius 3 is 2.66 bits per heavy atom. The number of fused-ring (bicyclic) bond motifs is 1. The molecule has 1 saturated carbocycles. The molecule has 0 aromatic heterocycles. The molecular weight excluding hydrogens is 481 g/mol. The summed E-state index contributed by atoms with van der Waals surface area (Å²) in [5, 5.41) is 16.4. The lowest BCUT2D eigenvalue weighted by Crippen LogP contribution is -2.44. The largest absolute Gasteiger partial charge is 0.490 e. The Kier molecular flexibility index (Phi) is 10.3. The van der Waals surface area contributed by atoms with Crippen molar-refractivity contribution in [2.75, 3.05) is 32.9 Å². The van der Waals surface area contributed by atoms with Crippen LogP contribution >= 0.6 is 24.0 Å². The molecular formula is C22H36IN3O3. The van der Waals surface area contributed by atoms with Gasteiger partial charge in [-0.15, -0.1) is 24.0 Å². The third-order valence-corrected chi connectivity index (χ3v) is 5.79. The first kappa shape index (κ1) is 24.1. The highest BCUT2D eigenvalue weighted by atomic mass is 127. The van der Waals surface area contributed by atoms with E-state index in [1.54, 1.807) is 0 Å². The lowest BCUT2D eigenvalue weighted by Gasteiger charge is -2.37. The molecule has 0 amide bonds. The highest BCUT2D eigenvalue weighted by molar-refractivity contribution is 14.0.